The molecule has 0 heterocycles. The summed E-state index contributed by atoms with van der Waals surface area (Å²) in [6.45, 7) is 3.83. The molecule has 3 N–H and O–H groups in total. The fourth-order valence-corrected chi connectivity index (χ4v) is 1.33. The van der Waals surface area contributed by atoms with Crippen LogP contribution in [0.25, 0.3) is 0 Å². The lowest BCUT2D eigenvalue weighted by Gasteiger charge is -2.13. The third kappa shape index (κ3) is 2.97. The smallest absolute Gasteiger partial charge is 0.241 e. The lowest BCUT2D eigenvalue weighted by atomic mass is 10.2. The Kier molecular flexibility index (Phi) is 4.31. The molecular weight excluding hydrogens is 204 g/mol. The molecule has 1 amide bonds. The summed E-state index contributed by atoms with van der Waals surface area (Å²) in [5, 5.41) is 2.76. The maximum absolute atomic E-state index is 11.6. The molecule has 0 aliphatic carbocycles. The highest BCUT2D eigenvalue weighted by Gasteiger charge is 2.13. The van der Waals surface area contributed by atoms with Gasteiger partial charge in [0.05, 0.1) is 18.8 Å². The van der Waals surface area contributed by atoms with Gasteiger partial charge in [0.2, 0.25) is 5.91 Å². The van der Waals surface area contributed by atoms with E-state index >= 15 is 0 Å². The predicted molar refractivity (Wildman–Crippen MR) is 64.6 cm³/mol. The van der Waals surface area contributed by atoms with Gasteiger partial charge in [-0.3, -0.25) is 4.79 Å². The van der Waals surface area contributed by atoms with Gasteiger partial charge < -0.3 is 15.8 Å². The quantitative estimate of drug-likeness (QED) is 0.814. The number of ether oxygens (including phenoxy) is 1. The average molecular weight is 222 g/mol. The van der Waals surface area contributed by atoms with Crippen LogP contribution >= 0.6 is 0 Å². The SMILES string of the molecule is CCC(N)C(=O)Nc1cc(C)ccc1OC. The molecule has 0 bridgehead atoms. The summed E-state index contributed by atoms with van der Waals surface area (Å²) in [4.78, 5) is 11.6. The van der Waals surface area contributed by atoms with Gasteiger partial charge in [-0.25, -0.2) is 0 Å². The molecule has 0 radical (unpaired) electrons. The molecule has 88 valence electrons. The molecule has 0 spiro atoms. The van der Waals surface area contributed by atoms with Crippen molar-refractivity contribution in [3.05, 3.63) is 23.8 Å². The van der Waals surface area contributed by atoms with Gasteiger partial charge in [-0.15, -0.1) is 0 Å². The fourth-order valence-electron chi connectivity index (χ4n) is 1.33. The summed E-state index contributed by atoms with van der Waals surface area (Å²) >= 11 is 0. The van der Waals surface area contributed by atoms with Gasteiger partial charge >= 0.3 is 0 Å². The molecule has 16 heavy (non-hydrogen) atoms. The number of methoxy groups -OCH3 is 1. The molecule has 1 aromatic rings. The van der Waals surface area contributed by atoms with Crippen LogP contribution in [0, 0.1) is 6.92 Å². The molecular formula is C12H18N2O2. The largest absolute Gasteiger partial charge is 0.495 e. The van der Waals surface area contributed by atoms with Crippen molar-refractivity contribution in [2.45, 2.75) is 26.3 Å². The first-order valence-electron chi connectivity index (χ1n) is 5.29. The standard InChI is InChI=1S/C12H18N2O2/c1-4-9(13)12(15)14-10-7-8(2)5-6-11(10)16-3/h5-7,9H,4,13H2,1-3H3,(H,14,15). The summed E-state index contributed by atoms with van der Waals surface area (Å²) in [6, 6.07) is 5.13. The van der Waals surface area contributed by atoms with Crippen LogP contribution in [0.5, 0.6) is 5.75 Å². The summed E-state index contributed by atoms with van der Waals surface area (Å²) in [5.74, 6) is 0.452. The Morgan fingerprint density at radius 2 is 2.25 bits per heavy atom. The van der Waals surface area contributed by atoms with Gasteiger partial charge in [0.1, 0.15) is 5.75 Å². The molecule has 1 unspecified atom stereocenters. The Morgan fingerprint density at radius 1 is 1.56 bits per heavy atom. The van der Waals surface area contributed by atoms with E-state index in [2.05, 4.69) is 5.32 Å². The normalized spacial score (nSPS) is 12.0. The number of benzene rings is 1. The van der Waals surface area contributed by atoms with Crippen LogP contribution in [-0.2, 0) is 4.79 Å². The first-order valence-corrected chi connectivity index (χ1v) is 5.29. The van der Waals surface area contributed by atoms with Crippen LogP contribution in [-0.4, -0.2) is 19.1 Å². The minimum Gasteiger partial charge on any atom is -0.495 e. The molecule has 0 saturated heterocycles. The van der Waals surface area contributed by atoms with Crippen molar-refractivity contribution in [3.8, 4) is 5.75 Å². The number of carbonyl (C=O) groups is 1. The summed E-state index contributed by atoms with van der Waals surface area (Å²) in [7, 11) is 1.57. The van der Waals surface area contributed by atoms with Gasteiger partial charge in [0, 0.05) is 0 Å². The van der Waals surface area contributed by atoms with Crippen LogP contribution in [0.1, 0.15) is 18.9 Å². The molecule has 0 aliphatic rings. The number of amides is 1. The van der Waals surface area contributed by atoms with Crippen LogP contribution in [0.15, 0.2) is 18.2 Å². The number of anilines is 1. The van der Waals surface area contributed by atoms with Gasteiger partial charge in [-0.1, -0.05) is 13.0 Å². The summed E-state index contributed by atoms with van der Waals surface area (Å²) in [6.07, 6.45) is 0.611. The second-order valence-electron chi connectivity index (χ2n) is 3.71. The van der Waals surface area contributed by atoms with Crippen molar-refractivity contribution in [1.82, 2.24) is 0 Å². The maximum atomic E-state index is 11.6. The average Bonchev–Trinajstić information content (AvgIpc) is 2.28. The highest BCUT2D eigenvalue weighted by atomic mass is 16.5. The number of rotatable bonds is 4. The minimum atomic E-state index is -0.481. The number of hydrogen-bond acceptors (Lipinski definition) is 3. The highest BCUT2D eigenvalue weighted by Crippen LogP contribution is 2.25. The van der Waals surface area contributed by atoms with E-state index in [0.717, 1.165) is 5.56 Å². The Balaban J connectivity index is 2.87. The molecule has 1 atom stereocenters. The minimum absolute atomic E-state index is 0.189. The molecule has 1 rings (SSSR count). The maximum Gasteiger partial charge on any atom is 0.241 e. The zero-order valence-electron chi connectivity index (χ0n) is 9.91. The van der Waals surface area contributed by atoms with E-state index in [-0.39, 0.29) is 5.91 Å². The van der Waals surface area contributed by atoms with Crippen molar-refractivity contribution in [1.29, 1.82) is 0 Å². The van der Waals surface area contributed by atoms with Crippen molar-refractivity contribution < 1.29 is 9.53 Å². The monoisotopic (exact) mass is 222 g/mol. The van der Waals surface area contributed by atoms with Crippen molar-refractivity contribution in [2.75, 3.05) is 12.4 Å². The Hall–Kier alpha value is -1.55. The molecule has 0 aromatic heterocycles. The van der Waals surface area contributed by atoms with Crippen LogP contribution in [0.4, 0.5) is 5.69 Å². The van der Waals surface area contributed by atoms with Crippen molar-refractivity contribution in [2.24, 2.45) is 5.73 Å². The summed E-state index contributed by atoms with van der Waals surface area (Å²) < 4.78 is 5.16. The molecule has 0 aliphatic heterocycles. The topological polar surface area (TPSA) is 64.4 Å². The third-order valence-corrected chi connectivity index (χ3v) is 2.39. The van der Waals surface area contributed by atoms with E-state index in [1.807, 2.05) is 32.0 Å². The second kappa shape index (κ2) is 5.51. The number of nitrogens with two attached hydrogens (primary N) is 1. The predicted octanol–water partition coefficient (Wildman–Crippen LogP) is 1.68. The van der Waals surface area contributed by atoms with Gasteiger partial charge in [-0.2, -0.15) is 0 Å². The van der Waals surface area contributed by atoms with Crippen LogP contribution in [0.2, 0.25) is 0 Å². The van der Waals surface area contributed by atoms with E-state index < -0.39 is 6.04 Å². The first-order chi connectivity index (χ1) is 7.58. The van der Waals surface area contributed by atoms with Crippen molar-refractivity contribution >= 4 is 11.6 Å². The zero-order chi connectivity index (χ0) is 12.1. The molecule has 4 heteroatoms. The number of nitrogens with one attached hydrogen (secondary N) is 1. The van der Waals surface area contributed by atoms with Gasteiger partial charge in [0.25, 0.3) is 0 Å². The van der Waals surface area contributed by atoms with E-state index in [1.165, 1.54) is 0 Å². The second-order valence-corrected chi connectivity index (χ2v) is 3.71. The fraction of sp³-hybridized carbons (Fsp3) is 0.417. The van der Waals surface area contributed by atoms with Crippen LogP contribution < -0.4 is 15.8 Å². The van der Waals surface area contributed by atoms with Gasteiger partial charge in [0.15, 0.2) is 0 Å². The lowest BCUT2D eigenvalue weighted by molar-refractivity contribution is -0.117. The Morgan fingerprint density at radius 3 is 2.81 bits per heavy atom. The Bertz CT molecular complexity index is 377. The highest BCUT2D eigenvalue weighted by molar-refractivity contribution is 5.95. The third-order valence-electron chi connectivity index (χ3n) is 2.39. The number of aryl methyl sites for hydroxylation is 1. The summed E-state index contributed by atoms with van der Waals surface area (Å²) in [5.41, 5.74) is 7.36. The zero-order valence-corrected chi connectivity index (χ0v) is 9.91. The van der Waals surface area contributed by atoms with Crippen LogP contribution in [0.3, 0.4) is 0 Å². The van der Waals surface area contributed by atoms with E-state index in [9.17, 15) is 4.79 Å². The number of hydrogen-bond donors (Lipinski definition) is 2. The molecule has 0 fully saturated rings. The van der Waals surface area contributed by atoms with Gasteiger partial charge in [-0.05, 0) is 31.0 Å². The molecule has 0 saturated carbocycles. The van der Waals surface area contributed by atoms with E-state index in [0.29, 0.717) is 17.9 Å². The van der Waals surface area contributed by atoms with Crippen molar-refractivity contribution in [3.63, 3.8) is 0 Å². The van der Waals surface area contributed by atoms with E-state index in [1.54, 1.807) is 7.11 Å². The number of carbonyl (C=O) groups excluding carboxylic acids is 1. The lowest BCUT2D eigenvalue weighted by Crippen LogP contribution is -2.34. The Labute approximate surface area is 95.8 Å². The molecule has 4 nitrogen and oxygen atoms in total. The first kappa shape index (κ1) is 12.5. The molecule has 1 aromatic carbocycles. The van der Waals surface area contributed by atoms with E-state index in [4.69, 9.17) is 10.5 Å².